The molecule has 1 unspecified atom stereocenters. The molecular weight excluding hydrogens is 548 g/mol. The van der Waals surface area contributed by atoms with Crippen LogP contribution >= 0.6 is 11.6 Å². The summed E-state index contributed by atoms with van der Waals surface area (Å²) < 4.78 is 13.6. The van der Waals surface area contributed by atoms with E-state index in [-0.39, 0.29) is 24.7 Å². The van der Waals surface area contributed by atoms with Crippen LogP contribution in [0.1, 0.15) is 59.0 Å². The molecule has 0 amide bonds. The SMILES string of the molecule is Nc1cccc(C2O[C@H](CN3CCC(O)(c4ccc(Cl)cc4)CC3)[C@@H](c3ccccc3)[C@H](c3ccc(CO)cc3)O2)c1. The van der Waals surface area contributed by atoms with E-state index < -0.39 is 11.9 Å². The molecule has 2 aliphatic rings. The first-order valence-electron chi connectivity index (χ1n) is 14.5. The van der Waals surface area contributed by atoms with Crippen LogP contribution in [0.3, 0.4) is 0 Å². The number of nitrogens with two attached hydrogens (primary N) is 1. The van der Waals surface area contributed by atoms with Crippen LogP contribution in [0.15, 0.2) is 103 Å². The molecule has 2 saturated heterocycles. The van der Waals surface area contributed by atoms with Crippen molar-refractivity contribution in [2.75, 3.05) is 25.4 Å². The lowest BCUT2D eigenvalue weighted by atomic mass is 9.81. The lowest BCUT2D eigenvalue weighted by molar-refractivity contribution is -0.264. The zero-order valence-corrected chi connectivity index (χ0v) is 24.2. The van der Waals surface area contributed by atoms with Gasteiger partial charge in [-0.1, -0.05) is 90.5 Å². The smallest absolute Gasteiger partial charge is 0.185 e. The predicted molar refractivity (Wildman–Crippen MR) is 165 cm³/mol. The largest absolute Gasteiger partial charge is 0.399 e. The lowest BCUT2D eigenvalue weighted by Crippen LogP contribution is -2.49. The number of rotatable bonds is 7. The van der Waals surface area contributed by atoms with E-state index in [1.54, 1.807) is 0 Å². The van der Waals surface area contributed by atoms with Crippen LogP contribution in [-0.4, -0.2) is 40.9 Å². The second-order valence-corrected chi connectivity index (χ2v) is 11.8. The summed E-state index contributed by atoms with van der Waals surface area (Å²) in [5.41, 5.74) is 10.7. The van der Waals surface area contributed by atoms with Crippen molar-refractivity contribution in [3.05, 3.63) is 136 Å². The number of aliphatic hydroxyl groups excluding tert-OH is 1. The van der Waals surface area contributed by atoms with Crippen LogP contribution in [0.5, 0.6) is 0 Å². The van der Waals surface area contributed by atoms with E-state index in [4.69, 9.17) is 26.8 Å². The van der Waals surface area contributed by atoms with Crippen molar-refractivity contribution in [3.63, 3.8) is 0 Å². The van der Waals surface area contributed by atoms with Crippen LogP contribution < -0.4 is 5.73 Å². The van der Waals surface area contributed by atoms with Gasteiger partial charge in [0.05, 0.1) is 24.4 Å². The Labute approximate surface area is 252 Å². The van der Waals surface area contributed by atoms with Crippen molar-refractivity contribution in [2.45, 2.75) is 49.5 Å². The highest BCUT2D eigenvalue weighted by atomic mass is 35.5. The highest BCUT2D eigenvalue weighted by Crippen LogP contribution is 2.47. The van der Waals surface area contributed by atoms with Crippen LogP contribution in [-0.2, 0) is 21.7 Å². The average Bonchev–Trinajstić information content (AvgIpc) is 3.02. The summed E-state index contributed by atoms with van der Waals surface area (Å²) in [6, 6.07) is 33.6. The Bertz CT molecular complexity index is 1460. The second-order valence-electron chi connectivity index (χ2n) is 11.4. The molecule has 0 spiro atoms. The fourth-order valence-corrected chi connectivity index (χ4v) is 6.41. The van der Waals surface area contributed by atoms with Crippen LogP contribution in [0, 0.1) is 0 Å². The molecule has 0 radical (unpaired) electrons. The number of benzene rings is 4. The molecule has 4 N–H and O–H groups in total. The van der Waals surface area contributed by atoms with Gasteiger partial charge in [0.1, 0.15) is 0 Å². The molecule has 0 aromatic heterocycles. The fourth-order valence-electron chi connectivity index (χ4n) is 6.28. The molecule has 0 saturated carbocycles. The summed E-state index contributed by atoms with van der Waals surface area (Å²) in [6.45, 7) is 2.15. The Hall–Kier alpha value is -3.23. The van der Waals surface area contributed by atoms with Gasteiger partial charge in [0, 0.05) is 41.8 Å². The van der Waals surface area contributed by atoms with Crippen molar-refractivity contribution < 1.29 is 19.7 Å². The highest BCUT2D eigenvalue weighted by molar-refractivity contribution is 6.30. The van der Waals surface area contributed by atoms with Gasteiger partial charge in [-0.05, 0) is 59.4 Å². The maximum Gasteiger partial charge on any atom is 0.185 e. The molecule has 42 heavy (non-hydrogen) atoms. The van der Waals surface area contributed by atoms with Crippen molar-refractivity contribution in [1.82, 2.24) is 4.90 Å². The fraction of sp³-hybridized carbons (Fsp3) is 0.314. The van der Waals surface area contributed by atoms with E-state index in [1.807, 2.05) is 78.9 Å². The number of piperidine rings is 1. The third-order valence-corrected chi connectivity index (χ3v) is 8.91. The van der Waals surface area contributed by atoms with E-state index in [2.05, 4.69) is 29.2 Å². The first kappa shape index (κ1) is 28.9. The molecule has 6 nitrogen and oxygen atoms in total. The van der Waals surface area contributed by atoms with Crippen LogP contribution in [0.4, 0.5) is 5.69 Å². The summed E-state index contributed by atoms with van der Waals surface area (Å²) in [7, 11) is 0. The molecule has 4 aromatic carbocycles. The van der Waals surface area contributed by atoms with Crippen molar-refractivity contribution in [1.29, 1.82) is 0 Å². The highest BCUT2D eigenvalue weighted by Gasteiger charge is 2.43. The summed E-state index contributed by atoms with van der Waals surface area (Å²) >= 11 is 6.10. The van der Waals surface area contributed by atoms with E-state index in [0.717, 1.165) is 40.9 Å². The molecule has 218 valence electrons. The zero-order chi connectivity index (χ0) is 29.1. The maximum atomic E-state index is 11.5. The second kappa shape index (κ2) is 12.6. The zero-order valence-electron chi connectivity index (χ0n) is 23.5. The van der Waals surface area contributed by atoms with Gasteiger partial charge in [-0.25, -0.2) is 0 Å². The minimum absolute atomic E-state index is 0.0110. The minimum Gasteiger partial charge on any atom is -0.399 e. The van der Waals surface area contributed by atoms with E-state index >= 15 is 0 Å². The molecule has 2 fully saturated rings. The molecule has 0 bridgehead atoms. The number of nitrogen functional groups attached to an aromatic ring is 1. The molecule has 4 aromatic rings. The number of aliphatic hydroxyl groups is 2. The van der Waals surface area contributed by atoms with Gasteiger partial charge in [0.25, 0.3) is 0 Å². The Kier molecular flexibility index (Phi) is 8.63. The Morgan fingerprint density at radius 1 is 0.810 bits per heavy atom. The summed E-state index contributed by atoms with van der Waals surface area (Å²) in [5.74, 6) is -0.0828. The first-order chi connectivity index (χ1) is 20.4. The Balaban J connectivity index is 1.31. The number of hydrogen-bond donors (Lipinski definition) is 3. The normalized spacial score (nSPS) is 24.4. The Morgan fingerprint density at radius 3 is 2.17 bits per heavy atom. The van der Waals surface area contributed by atoms with E-state index in [0.29, 0.717) is 30.1 Å². The lowest BCUT2D eigenvalue weighted by Gasteiger charge is -2.46. The van der Waals surface area contributed by atoms with Gasteiger partial charge in [0.2, 0.25) is 0 Å². The van der Waals surface area contributed by atoms with Crippen molar-refractivity contribution in [3.8, 4) is 0 Å². The molecule has 2 heterocycles. The first-order valence-corrected chi connectivity index (χ1v) is 14.9. The molecule has 6 rings (SSSR count). The number of halogens is 1. The Morgan fingerprint density at radius 2 is 1.50 bits per heavy atom. The molecule has 0 aliphatic carbocycles. The van der Waals surface area contributed by atoms with Crippen LogP contribution in [0.2, 0.25) is 5.02 Å². The van der Waals surface area contributed by atoms with Gasteiger partial charge < -0.3 is 30.3 Å². The van der Waals surface area contributed by atoms with E-state index in [9.17, 15) is 10.2 Å². The number of likely N-dealkylation sites (tertiary alicyclic amines) is 1. The number of anilines is 1. The quantitative estimate of drug-likeness (QED) is 0.220. The van der Waals surface area contributed by atoms with Gasteiger partial charge in [-0.2, -0.15) is 0 Å². The average molecular weight is 585 g/mol. The number of hydrogen-bond acceptors (Lipinski definition) is 6. The topological polar surface area (TPSA) is 88.2 Å². The summed E-state index contributed by atoms with van der Waals surface area (Å²) in [5, 5.41) is 21.8. The summed E-state index contributed by atoms with van der Waals surface area (Å²) in [4.78, 5) is 2.39. The molecule has 2 aliphatic heterocycles. The van der Waals surface area contributed by atoms with Gasteiger partial charge in [0.15, 0.2) is 6.29 Å². The summed E-state index contributed by atoms with van der Waals surface area (Å²) in [6.07, 6.45) is 0.159. The van der Waals surface area contributed by atoms with E-state index in [1.165, 1.54) is 0 Å². The monoisotopic (exact) mass is 584 g/mol. The minimum atomic E-state index is -0.877. The van der Waals surface area contributed by atoms with Gasteiger partial charge >= 0.3 is 0 Å². The maximum absolute atomic E-state index is 11.5. The molecule has 4 atom stereocenters. The van der Waals surface area contributed by atoms with Gasteiger partial charge in [-0.15, -0.1) is 0 Å². The van der Waals surface area contributed by atoms with Crippen molar-refractivity contribution in [2.24, 2.45) is 0 Å². The predicted octanol–water partition coefficient (Wildman–Crippen LogP) is 6.34. The van der Waals surface area contributed by atoms with Crippen LogP contribution in [0.25, 0.3) is 0 Å². The third kappa shape index (κ3) is 6.25. The molecular formula is C35H37ClN2O4. The molecule has 7 heteroatoms. The van der Waals surface area contributed by atoms with Gasteiger partial charge in [-0.3, -0.25) is 0 Å². The number of ether oxygens (including phenoxy) is 2. The number of nitrogens with zero attached hydrogens (tertiary/aromatic N) is 1. The van der Waals surface area contributed by atoms with Crippen molar-refractivity contribution >= 4 is 17.3 Å². The third-order valence-electron chi connectivity index (χ3n) is 8.66. The standard InChI is InChI=1S/C35H37ClN2O4/c36-29-15-13-28(14-16-29)35(40)17-19-38(20-18-35)22-31-32(25-5-2-1-3-6-25)33(26-11-9-24(23-39)10-12-26)42-34(41-31)27-7-4-8-30(37)21-27/h1-16,21,31-34,39-40H,17-20,22-23,37H2/t31-,32-,33+,34?/m1/s1.